The van der Waals surface area contributed by atoms with Crippen LogP contribution in [0.3, 0.4) is 0 Å². The van der Waals surface area contributed by atoms with Crippen molar-refractivity contribution in [3.05, 3.63) is 76.0 Å². The fraction of sp³-hybridized carbons (Fsp3) is 0.333. The molecule has 2 aromatic carbocycles. The number of rotatable bonds is 12. The van der Waals surface area contributed by atoms with Crippen LogP contribution in [0.4, 0.5) is 5.69 Å². The first kappa shape index (κ1) is 29.5. The number of aromatic nitrogens is 3. The van der Waals surface area contributed by atoms with Crippen LogP contribution >= 0.6 is 35.0 Å². The van der Waals surface area contributed by atoms with Gasteiger partial charge in [-0.3, -0.25) is 9.59 Å². The fourth-order valence-corrected chi connectivity index (χ4v) is 5.06. The standard InChI is InChI=1S/C27H31Cl2N5O3S/c1-6-11-34-25(22(12-16(2)3)31-26(36)19-9-8-18(28)14-20(19)29)32-33-27(34)38-15-24(35)30-21-13-17(4)7-10-23(21)37-5/h6-10,13-14,16,22H,1,11-12,15H2,2-5H3,(H,30,35)(H,31,36)/t22-/m0/s1. The molecule has 0 aliphatic heterocycles. The van der Waals surface area contributed by atoms with Crippen LogP contribution in [0.2, 0.25) is 10.0 Å². The third-order valence-electron chi connectivity index (χ3n) is 5.52. The smallest absolute Gasteiger partial charge is 0.253 e. The van der Waals surface area contributed by atoms with E-state index in [4.69, 9.17) is 27.9 Å². The Morgan fingerprint density at radius 3 is 2.61 bits per heavy atom. The molecule has 11 heteroatoms. The Kier molecular flexibility index (Phi) is 10.6. The Bertz CT molecular complexity index is 1310. The molecule has 2 N–H and O–H groups in total. The van der Waals surface area contributed by atoms with Crippen molar-refractivity contribution in [2.75, 3.05) is 18.2 Å². The second-order valence-corrected chi connectivity index (χ2v) is 10.8. The molecule has 0 saturated heterocycles. The Morgan fingerprint density at radius 1 is 1.18 bits per heavy atom. The first-order valence-corrected chi connectivity index (χ1v) is 13.7. The number of ether oxygens (including phenoxy) is 1. The number of nitrogens with one attached hydrogen (secondary N) is 2. The molecule has 1 heterocycles. The minimum Gasteiger partial charge on any atom is -0.495 e. The highest BCUT2D eigenvalue weighted by Crippen LogP contribution is 2.28. The maximum Gasteiger partial charge on any atom is 0.253 e. The molecule has 0 saturated carbocycles. The molecule has 0 unspecified atom stereocenters. The zero-order valence-electron chi connectivity index (χ0n) is 21.8. The first-order valence-electron chi connectivity index (χ1n) is 12.0. The van der Waals surface area contributed by atoms with Gasteiger partial charge in [-0.05, 0) is 55.2 Å². The third kappa shape index (κ3) is 7.75. The van der Waals surface area contributed by atoms with E-state index in [1.807, 2.05) is 29.7 Å². The maximum absolute atomic E-state index is 13.1. The molecular weight excluding hydrogens is 545 g/mol. The summed E-state index contributed by atoms with van der Waals surface area (Å²) < 4.78 is 7.20. The average Bonchev–Trinajstić information content (AvgIpc) is 3.25. The second kappa shape index (κ2) is 13.7. The summed E-state index contributed by atoms with van der Waals surface area (Å²) in [6, 6.07) is 9.87. The van der Waals surface area contributed by atoms with Gasteiger partial charge in [-0.15, -0.1) is 16.8 Å². The molecule has 3 rings (SSSR count). The minimum absolute atomic E-state index is 0.105. The van der Waals surface area contributed by atoms with Crippen LogP contribution in [0, 0.1) is 12.8 Å². The van der Waals surface area contributed by atoms with Crippen molar-refractivity contribution in [1.82, 2.24) is 20.1 Å². The number of methoxy groups -OCH3 is 1. The number of hydrogen-bond donors (Lipinski definition) is 2. The highest BCUT2D eigenvalue weighted by molar-refractivity contribution is 7.99. The number of carbonyl (C=O) groups is 2. The van der Waals surface area contributed by atoms with E-state index in [0.717, 1.165) is 5.56 Å². The van der Waals surface area contributed by atoms with Crippen LogP contribution in [0.1, 0.15) is 48.1 Å². The molecule has 8 nitrogen and oxygen atoms in total. The summed E-state index contributed by atoms with van der Waals surface area (Å²) in [7, 11) is 1.56. The van der Waals surface area contributed by atoms with Gasteiger partial charge in [0, 0.05) is 11.6 Å². The van der Waals surface area contributed by atoms with Gasteiger partial charge in [0.2, 0.25) is 5.91 Å². The number of thioether (sulfide) groups is 1. The molecule has 0 aliphatic rings. The van der Waals surface area contributed by atoms with E-state index in [1.54, 1.807) is 25.3 Å². The van der Waals surface area contributed by atoms with Crippen LogP contribution in [0.15, 0.2) is 54.2 Å². The molecule has 0 aliphatic carbocycles. The molecule has 1 atom stereocenters. The fourth-order valence-electron chi connectivity index (χ4n) is 3.81. The Hall–Kier alpha value is -3.01. The van der Waals surface area contributed by atoms with Crippen molar-refractivity contribution >= 4 is 52.5 Å². The minimum atomic E-state index is -0.443. The summed E-state index contributed by atoms with van der Waals surface area (Å²) in [6.07, 6.45) is 2.34. The van der Waals surface area contributed by atoms with Crippen molar-refractivity contribution in [2.45, 2.75) is 44.9 Å². The Morgan fingerprint density at radius 2 is 1.95 bits per heavy atom. The van der Waals surface area contributed by atoms with E-state index in [1.165, 1.54) is 17.8 Å². The summed E-state index contributed by atoms with van der Waals surface area (Å²) in [4.78, 5) is 25.8. The van der Waals surface area contributed by atoms with E-state index in [0.29, 0.717) is 46.0 Å². The lowest BCUT2D eigenvalue weighted by Crippen LogP contribution is -2.32. The third-order valence-corrected chi connectivity index (χ3v) is 7.03. The Balaban J connectivity index is 1.80. The number of halogens is 2. The van der Waals surface area contributed by atoms with Crippen molar-refractivity contribution in [3.8, 4) is 5.75 Å². The van der Waals surface area contributed by atoms with E-state index in [9.17, 15) is 9.59 Å². The largest absolute Gasteiger partial charge is 0.495 e. The quantitative estimate of drug-likeness (QED) is 0.193. The number of anilines is 1. The van der Waals surface area contributed by atoms with E-state index >= 15 is 0 Å². The van der Waals surface area contributed by atoms with Gasteiger partial charge in [-0.25, -0.2) is 0 Å². The molecule has 2 amide bonds. The van der Waals surface area contributed by atoms with E-state index in [-0.39, 0.29) is 28.5 Å². The van der Waals surface area contributed by atoms with Gasteiger partial charge in [-0.1, -0.05) is 61.0 Å². The van der Waals surface area contributed by atoms with Crippen LogP contribution in [0.25, 0.3) is 0 Å². The number of amides is 2. The number of benzene rings is 2. The van der Waals surface area contributed by atoms with Gasteiger partial charge in [0.25, 0.3) is 5.91 Å². The van der Waals surface area contributed by atoms with Gasteiger partial charge in [0.15, 0.2) is 11.0 Å². The number of aryl methyl sites for hydroxylation is 1. The molecule has 0 fully saturated rings. The normalized spacial score (nSPS) is 11.8. The lowest BCUT2D eigenvalue weighted by Gasteiger charge is -2.21. The average molecular weight is 577 g/mol. The first-order chi connectivity index (χ1) is 18.1. The van der Waals surface area contributed by atoms with Crippen LogP contribution in [-0.4, -0.2) is 39.4 Å². The zero-order valence-corrected chi connectivity index (χ0v) is 24.1. The highest BCUT2D eigenvalue weighted by atomic mass is 35.5. The van der Waals surface area contributed by atoms with Gasteiger partial charge >= 0.3 is 0 Å². The summed E-state index contributed by atoms with van der Waals surface area (Å²) in [6.45, 7) is 10.3. The van der Waals surface area contributed by atoms with Gasteiger partial charge in [0.05, 0.1) is 35.2 Å². The van der Waals surface area contributed by atoms with Crippen LogP contribution in [-0.2, 0) is 11.3 Å². The SMILES string of the molecule is C=CCn1c(SCC(=O)Nc2cc(C)ccc2OC)nnc1[C@H](CC(C)C)NC(=O)c1ccc(Cl)cc1Cl. The van der Waals surface area contributed by atoms with Crippen LogP contribution in [0.5, 0.6) is 5.75 Å². The number of hydrogen-bond acceptors (Lipinski definition) is 6. The number of carbonyl (C=O) groups excluding carboxylic acids is 2. The monoisotopic (exact) mass is 575 g/mol. The molecule has 0 radical (unpaired) electrons. The summed E-state index contributed by atoms with van der Waals surface area (Å²) >= 11 is 13.5. The zero-order chi connectivity index (χ0) is 27.8. The highest BCUT2D eigenvalue weighted by Gasteiger charge is 2.25. The summed E-state index contributed by atoms with van der Waals surface area (Å²) in [5, 5.41) is 15.9. The van der Waals surface area contributed by atoms with Crippen LogP contribution < -0.4 is 15.4 Å². The molecule has 0 spiro atoms. The molecule has 3 aromatic rings. The lowest BCUT2D eigenvalue weighted by molar-refractivity contribution is -0.113. The van der Waals surface area contributed by atoms with Gasteiger partial charge < -0.3 is 19.9 Å². The number of allylic oxidation sites excluding steroid dienone is 1. The van der Waals surface area contributed by atoms with E-state index < -0.39 is 6.04 Å². The molecular formula is C27H31Cl2N5O3S. The molecule has 0 bridgehead atoms. The number of nitrogens with zero attached hydrogens (tertiary/aromatic N) is 3. The molecule has 1 aromatic heterocycles. The topological polar surface area (TPSA) is 98.1 Å². The van der Waals surface area contributed by atoms with Crippen molar-refractivity contribution in [1.29, 1.82) is 0 Å². The molecule has 38 heavy (non-hydrogen) atoms. The Labute approximate surface area is 237 Å². The van der Waals surface area contributed by atoms with E-state index in [2.05, 4.69) is 41.3 Å². The van der Waals surface area contributed by atoms with Gasteiger partial charge in [-0.2, -0.15) is 0 Å². The summed E-state index contributed by atoms with van der Waals surface area (Å²) in [5.74, 6) is 0.957. The maximum atomic E-state index is 13.1. The molecule has 202 valence electrons. The summed E-state index contributed by atoms with van der Waals surface area (Å²) in [5.41, 5.74) is 1.92. The predicted octanol–water partition coefficient (Wildman–Crippen LogP) is 6.34. The lowest BCUT2D eigenvalue weighted by atomic mass is 10.0. The van der Waals surface area contributed by atoms with Crippen molar-refractivity contribution in [2.24, 2.45) is 5.92 Å². The second-order valence-electron chi connectivity index (χ2n) is 9.06. The van der Waals surface area contributed by atoms with Crippen molar-refractivity contribution in [3.63, 3.8) is 0 Å². The predicted molar refractivity (Wildman–Crippen MR) is 153 cm³/mol. The van der Waals surface area contributed by atoms with Crippen molar-refractivity contribution < 1.29 is 14.3 Å². The van der Waals surface area contributed by atoms with Gasteiger partial charge in [0.1, 0.15) is 5.75 Å².